The predicted molar refractivity (Wildman–Crippen MR) is 95.4 cm³/mol. The summed E-state index contributed by atoms with van der Waals surface area (Å²) in [4.78, 5) is 2.77. The molecule has 0 bridgehead atoms. The van der Waals surface area contributed by atoms with E-state index in [4.69, 9.17) is 22.0 Å². The first kappa shape index (κ1) is 22.0. The Morgan fingerprint density at radius 1 is 1.27 bits per heavy atom. The Bertz CT molecular complexity index is 300. The molecule has 0 fully saturated rings. The van der Waals surface area contributed by atoms with E-state index in [2.05, 4.69) is 16.9 Å². The molecule has 0 aromatic heterocycles. The van der Waals surface area contributed by atoms with Crippen LogP contribution in [0.1, 0.15) is 51.9 Å². The van der Waals surface area contributed by atoms with E-state index in [0.717, 1.165) is 24.5 Å². The molecule has 0 amide bonds. The van der Waals surface area contributed by atoms with E-state index < -0.39 is 0 Å². The third kappa shape index (κ3) is 15.0. The Kier molecular flexibility index (Phi) is 17.4. The van der Waals surface area contributed by atoms with Crippen molar-refractivity contribution in [3.8, 4) is 0 Å². The van der Waals surface area contributed by atoms with Gasteiger partial charge in [0.15, 0.2) is 0 Å². The molecule has 9 heteroatoms. The first-order valence-electron chi connectivity index (χ1n) is 7.78. The zero-order valence-corrected chi connectivity index (χ0v) is 15.1. The van der Waals surface area contributed by atoms with Gasteiger partial charge >= 0.3 is 0 Å². The van der Waals surface area contributed by atoms with Crippen molar-refractivity contribution in [2.45, 2.75) is 64.0 Å². The summed E-state index contributed by atoms with van der Waals surface area (Å²) in [6, 6.07) is -0.361. The van der Waals surface area contributed by atoms with Gasteiger partial charge in [-0.15, -0.1) is 0 Å². The largest absolute Gasteiger partial charge is 0.393 e. The van der Waals surface area contributed by atoms with Crippen LogP contribution in [0, 0.1) is 0 Å². The number of hydrogen-bond donors (Lipinski definition) is 1. The highest BCUT2D eigenvalue weighted by atomic mass is 32.7. The topological polar surface area (TPSA) is 87.5 Å². The summed E-state index contributed by atoms with van der Waals surface area (Å²) in [6.07, 6.45) is 7.11. The van der Waals surface area contributed by atoms with Gasteiger partial charge in [-0.1, -0.05) is 51.8 Å². The SMILES string of the molecule is [B]PSOCC(COCCC(O)CCCCCCC)N=[N+]=[N-]. The van der Waals surface area contributed by atoms with Crippen LogP contribution in [0.5, 0.6) is 0 Å². The number of rotatable bonds is 16. The number of unbranched alkanes of at least 4 members (excludes halogenated alkanes) is 4. The molecule has 6 nitrogen and oxygen atoms in total. The maximum absolute atomic E-state index is 9.84. The highest BCUT2D eigenvalue weighted by molar-refractivity contribution is 8.53. The lowest BCUT2D eigenvalue weighted by molar-refractivity contribution is 0.0656. The molecule has 0 aliphatic rings. The fourth-order valence-electron chi connectivity index (χ4n) is 1.90. The lowest BCUT2D eigenvalue weighted by atomic mass is 10.1. The molecule has 22 heavy (non-hydrogen) atoms. The van der Waals surface area contributed by atoms with Crippen LogP contribution >= 0.6 is 19.3 Å². The monoisotopic (exact) mass is 347 g/mol. The molecule has 0 rings (SSSR count). The molecule has 2 radical (unpaired) electrons. The standard InChI is InChI=1S/C13H27BN3O3PS/c1-2-3-4-5-6-7-13(18)8-9-19-10-12(16-17-15)11-20-22-21-14/h12-13,18,21H,2-11H2,1H3. The summed E-state index contributed by atoms with van der Waals surface area (Å²) in [7, 11) is 5.46. The van der Waals surface area contributed by atoms with E-state index in [0.29, 0.717) is 19.6 Å². The average Bonchev–Trinajstić information content (AvgIpc) is 2.51. The summed E-state index contributed by atoms with van der Waals surface area (Å²) in [6.45, 7) is 3.22. The Balaban J connectivity index is 3.59. The lowest BCUT2D eigenvalue weighted by Gasteiger charge is -2.13. The minimum absolute atomic E-state index is 0.143. The quantitative estimate of drug-likeness (QED) is 0.0865. The van der Waals surface area contributed by atoms with Gasteiger partial charge in [-0.2, -0.15) is 0 Å². The minimum atomic E-state index is -0.361. The highest BCUT2D eigenvalue weighted by Crippen LogP contribution is 2.24. The summed E-state index contributed by atoms with van der Waals surface area (Å²) in [5.41, 5.74) is 8.47. The maximum Gasteiger partial charge on any atom is 0.122 e. The molecule has 0 saturated heterocycles. The van der Waals surface area contributed by atoms with Crippen LogP contribution in [-0.4, -0.2) is 44.6 Å². The van der Waals surface area contributed by atoms with Crippen molar-refractivity contribution < 1.29 is 14.0 Å². The van der Waals surface area contributed by atoms with Crippen molar-refractivity contribution in [3.05, 3.63) is 10.4 Å². The summed E-state index contributed by atoms with van der Waals surface area (Å²) >= 11 is 1.15. The Hall–Kier alpha value is 0.0349. The average molecular weight is 347 g/mol. The zero-order valence-electron chi connectivity index (χ0n) is 13.3. The molecule has 1 N–H and O–H groups in total. The molecule has 0 spiro atoms. The predicted octanol–water partition coefficient (Wildman–Crippen LogP) is 4.14. The second-order valence-electron chi connectivity index (χ2n) is 5.06. The smallest absolute Gasteiger partial charge is 0.122 e. The van der Waals surface area contributed by atoms with Crippen molar-refractivity contribution in [1.82, 2.24) is 0 Å². The van der Waals surface area contributed by atoms with E-state index in [1.807, 2.05) is 0 Å². The first-order valence-corrected chi connectivity index (χ1v) is 10.3. The fraction of sp³-hybridized carbons (Fsp3) is 1.00. The number of hydrogen-bond acceptors (Lipinski definition) is 5. The molecular formula is C13H27BN3O3PS. The van der Waals surface area contributed by atoms with Gasteiger partial charge in [0.25, 0.3) is 0 Å². The molecule has 3 atom stereocenters. The van der Waals surface area contributed by atoms with Crippen LogP contribution in [0.3, 0.4) is 0 Å². The van der Waals surface area contributed by atoms with Crippen LogP contribution in [-0.2, 0) is 8.92 Å². The van der Waals surface area contributed by atoms with Gasteiger partial charge in [0.05, 0.1) is 25.4 Å². The van der Waals surface area contributed by atoms with Crippen LogP contribution in [0.25, 0.3) is 10.4 Å². The molecule has 0 aliphatic heterocycles. The Morgan fingerprint density at radius 2 is 2.05 bits per heavy atom. The van der Waals surface area contributed by atoms with Gasteiger partial charge in [0.1, 0.15) is 7.57 Å². The summed E-state index contributed by atoms with van der Waals surface area (Å²) in [5.74, 6) is 0. The summed E-state index contributed by atoms with van der Waals surface area (Å²) < 4.78 is 10.6. The zero-order chi connectivity index (χ0) is 16.5. The Morgan fingerprint density at radius 3 is 2.73 bits per heavy atom. The Labute approximate surface area is 140 Å². The van der Waals surface area contributed by atoms with E-state index in [9.17, 15) is 5.11 Å². The number of azide groups is 1. The second kappa shape index (κ2) is 17.4. The molecule has 3 unspecified atom stereocenters. The summed E-state index contributed by atoms with van der Waals surface area (Å²) in [5, 5.41) is 13.5. The van der Waals surface area contributed by atoms with Gasteiger partial charge in [0.2, 0.25) is 0 Å². The van der Waals surface area contributed by atoms with Gasteiger partial charge < -0.3 is 14.0 Å². The minimum Gasteiger partial charge on any atom is -0.393 e. The number of aliphatic hydroxyl groups excluding tert-OH is 1. The van der Waals surface area contributed by atoms with Crippen molar-refractivity contribution in [1.29, 1.82) is 0 Å². The first-order chi connectivity index (χ1) is 10.7. The van der Waals surface area contributed by atoms with Gasteiger partial charge in [-0.05, 0) is 18.4 Å². The van der Waals surface area contributed by atoms with E-state index in [-0.39, 0.29) is 26.4 Å². The van der Waals surface area contributed by atoms with E-state index >= 15 is 0 Å². The fourth-order valence-corrected chi connectivity index (χ4v) is 2.60. The molecular weight excluding hydrogens is 320 g/mol. The third-order valence-electron chi connectivity index (χ3n) is 3.13. The molecule has 126 valence electrons. The number of nitrogens with zero attached hydrogens (tertiary/aromatic N) is 3. The van der Waals surface area contributed by atoms with Crippen molar-refractivity contribution in [3.63, 3.8) is 0 Å². The number of ether oxygens (including phenoxy) is 1. The third-order valence-corrected chi connectivity index (χ3v) is 4.12. The van der Waals surface area contributed by atoms with E-state index in [1.165, 1.54) is 25.7 Å². The normalized spacial score (nSPS) is 14.1. The molecule has 0 aromatic carbocycles. The number of aliphatic hydroxyl groups is 1. The van der Waals surface area contributed by atoms with Crippen molar-refractivity contribution in [2.75, 3.05) is 19.8 Å². The van der Waals surface area contributed by atoms with Crippen LogP contribution in [0.4, 0.5) is 0 Å². The molecule has 0 heterocycles. The maximum atomic E-state index is 9.84. The molecule has 0 aromatic rings. The van der Waals surface area contributed by atoms with Gasteiger partial charge in [-0.3, -0.25) is 0 Å². The molecule has 0 aliphatic carbocycles. The van der Waals surface area contributed by atoms with Crippen LogP contribution in [0.2, 0.25) is 0 Å². The van der Waals surface area contributed by atoms with Crippen molar-refractivity contribution in [2.24, 2.45) is 5.11 Å². The lowest BCUT2D eigenvalue weighted by Crippen LogP contribution is -2.20. The van der Waals surface area contributed by atoms with Crippen molar-refractivity contribution >= 4 is 26.9 Å². The van der Waals surface area contributed by atoms with Crippen LogP contribution in [0.15, 0.2) is 5.11 Å². The second-order valence-corrected chi connectivity index (χ2v) is 6.91. The van der Waals surface area contributed by atoms with E-state index in [1.54, 1.807) is 0 Å². The highest BCUT2D eigenvalue weighted by Gasteiger charge is 2.09. The molecule has 0 saturated carbocycles. The van der Waals surface area contributed by atoms with Gasteiger partial charge in [-0.25, -0.2) is 0 Å². The van der Waals surface area contributed by atoms with Crippen LogP contribution < -0.4 is 0 Å². The van der Waals surface area contributed by atoms with Gasteiger partial charge in [0, 0.05) is 23.2 Å².